The molecular formula is C15H18ClN5O2. The summed E-state index contributed by atoms with van der Waals surface area (Å²) in [4.78, 5) is 12.7. The van der Waals surface area contributed by atoms with Crippen LogP contribution >= 0.6 is 11.6 Å². The van der Waals surface area contributed by atoms with E-state index in [1.165, 1.54) is 6.07 Å². The highest BCUT2D eigenvalue weighted by molar-refractivity contribution is 6.33. The number of benzene rings is 1. The Morgan fingerprint density at radius 3 is 2.83 bits per heavy atom. The van der Waals surface area contributed by atoms with E-state index in [4.69, 9.17) is 11.6 Å². The van der Waals surface area contributed by atoms with Crippen LogP contribution in [-0.4, -0.2) is 32.8 Å². The first kappa shape index (κ1) is 15.7. The maximum atomic E-state index is 11.0. The van der Waals surface area contributed by atoms with E-state index in [0.29, 0.717) is 5.02 Å². The van der Waals surface area contributed by atoms with E-state index in [9.17, 15) is 10.1 Å². The van der Waals surface area contributed by atoms with Crippen LogP contribution in [0.15, 0.2) is 18.5 Å². The van der Waals surface area contributed by atoms with Crippen LogP contribution in [0.1, 0.15) is 30.1 Å². The van der Waals surface area contributed by atoms with Crippen molar-refractivity contribution in [3.8, 4) is 0 Å². The second kappa shape index (κ2) is 6.16. The predicted octanol–water partition coefficient (Wildman–Crippen LogP) is 3.07. The number of aromatic nitrogens is 3. The fraction of sp³-hybridized carbons (Fsp3) is 0.467. The summed E-state index contributed by atoms with van der Waals surface area (Å²) in [7, 11) is 1.94. The van der Waals surface area contributed by atoms with Crippen LogP contribution in [0.25, 0.3) is 0 Å². The summed E-state index contributed by atoms with van der Waals surface area (Å²) in [6.07, 6.45) is 3.77. The largest absolute Gasteiger partial charge is 0.369 e. The van der Waals surface area contributed by atoms with Gasteiger partial charge >= 0.3 is 0 Å². The topological polar surface area (TPSA) is 77.1 Å². The Balaban J connectivity index is 1.90. The Bertz CT molecular complexity index is 722. The minimum absolute atomic E-state index is 0.0260. The van der Waals surface area contributed by atoms with Gasteiger partial charge in [-0.15, -0.1) is 10.2 Å². The smallest absolute Gasteiger partial charge is 0.271 e. The van der Waals surface area contributed by atoms with Gasteiger partial charge in [0.25, 0.3) is 5.69 Å². The molecule has 0 bridgehead atoms. The van der Waals surface area contributed by atoms with E-state index in [-0.39, 0.29) is 11.6 Å². The van der Waals surface area contributed by atoms with E-state index in [0.717, 1.165) is 43.0 Å². The average molecular weight is 336 g/mol. The molecule has 1 saturated heterocycles. The van der Waals surface area contributed by atoms with E-state index in [2.05, 4.69) is 15.1 Å². The quantitative estimate of drug-likeness (QED) is 0.636. The summed E-state index contributed by atoms with van der Waals surface area (Å²) in [5, 5.41) is 19.5. The molecule has 23 heavy (non-hydrogen) atoms. The Morgan fingerprint density at radius 2 is 2.22 bits per heavy atom. The van der Waals surface area contributed by atoms with Gasteiger partial charge in [0.2, 0.25) is 0 Å². The molecule has 8 heteroatoms. The first-order valence-electron chi connectivity index (χ1n) is 7.50. The van der Waals surface area contributed by atoms with Gasteiger partial charge in [0, 0.05) is 38.2 Å². The number of nitro groups is 1. The van der Waals surface area contributed by atoms with E-state index in [1.807, 2.05) is 18.5 Å². The zero-order chi connectivity index (χ0) is 16.6. The van der Waals surface area contributed by atoms with Crippen molar-refractivity contribution < 1.29 is 4.92 Å². The monoisotopic (exact) mass is 335 g/mol. The highest BCUT2D eigenvalue weighted by Gasteiger charge is 2.27. The van der Waals surface area contributed by atoms with Crippen molar-refractivity contribution >= 4 is 23.0 Å². The van der Waals surface area contributed by atoms with E-state index in [1.54, 1.807) is 12.4 Å². The Labute approximate surface area is 139 Å². The number of non-ortho nitro benzene ring substituents is 1. The normalized spacial score (nSPS) is 18.2. The third-order valence-corrected chi connectivity index (χ3v) is 4.59. The maximum absolute atomic E-state index is 11.0. The molecule has 1 fully saturated rings. The summed E-state index contributed by atoms with van der Waals surface area (Å²) in [5.41, 5.74) is 1.73. The molecule has 0 radical (unpaired) electrons. The third kappa shape index (κ3) is 3.01. The van der Waals surface area contributed by atoms with Crippen LogP contribution in [0.4, 0.5) is 11.4 Å². The van der Waals surface area contributed by atoms with Gasteiger partial charge in [-0.1, -0.05) is 11.6 Å². The molecule has 3 rings (SSSR count). The summed E-state index contributed by atoms with van der Waals surface area (Å²) in [6.45, 7) is 3.53. The molecule has 0 spiro atoms. The molecule has 0 amide bonds. The van der Waals surface area contributed by atoms with Crippen molar-refractivity contribution in [1.82, 2.24) is 14.8 Å². The first-order valence-corrected chi connectivity index (χ1v) is 7.88. The first-order chi connectivity index (χ1) is 11.0. The van der Waals surface area contributed by atoms with E-state index < -0.39 is 4.92 Å². The summed E-state index contributed by atoms with van der Waals surface area (Å²) in [6, 6.07) is 3.00. The Hall–Kier alpha value is -2.15. The number of halogens is 1. The molecule has 1 aliphatic heterocycles. The molecule has 0 aliphatic carbocycles. The fourth-order valence-corrected chi connectivity index (χ4v) is 3.66. The summed E-state index contributed by atoms with van der Waals surface area (Å²) in [5.74, 6) is 1.24. The SMILES string of the molecule is Cc1cc([N+](=O)[O-])cc(Cl)c1N1CCCC(c2nncn2C)C1. The second-order valence-corrected chi connectivity index (χ2v) is 6.34. The van der Waals surface area contributed by atoms with Crippen molar-refractivity contribution in [1.29, 1.82) is 0 Å². The number of rotatable bonds is 3. The van der Waals surface area contributed by atoms with Crippen LogP contribution in [0.3, 0.4) is 0 Å². The average Bonchev–Trinajstić information content (AvgIpc) is 2.93. The van der Waals surface area contributed by atoms with Gasteiger partial charge in [0.1, 0.15) is 12.2 Å². The molecule has 1 aromatic heterocycles. The van der Waals surface area contributed by atoms with Crippen LogP contribution in [-0.2, 0) is 7.05 Å². The van der Waals surface area contributed by atoms with E-state index >= 15 is 0 Å². The molecule has 0 saturated carbocycles. The number of hydrogen-bond donors (Lipinski definition) is 0. The van der Waals surface area contributed by atoms with Gasteiger partial charge in [0.15, 0.2) is 0 Å². The van der Waals surface area contributed by atoms with Crippen LogP contribution in [0.5, 0.6) is 0 Å². The number of hydrogen-bond acceptors (Lipinski definition) is 5. The zero-order valence-corrected chi connectivity index (χ0v) is 13.8. The molecule has 1 aliphatic rings. The summed E-state index contributed by atoms with van der Waals surface area (Å²) >= 11 is 6.34. The van der Waals surface area contributed by atoms with Crippen molar-refractivity contribution in [2.24, 2.45) is 7.05 Å². The second-order valence-electron chi connectivity index (χ2n) is 5.94. The standard InChI is InChI=1S/C15H18ClN5O2/c1-10-6-12(21(22)23)7-13(16)14(10)20-5-3-4-11(8-20)15-18-17-9-19(15)2/h6-7,9,11H,3-5,8H2,1-2H3. The highest BCUT2D eigenvalue weighted by Crippen LogP contribution is 2.37. The van der Waals surface area contributed by atoms with Crippen molar-refractivity contribution in [2.45, 2.75) is 25.7 Å². The molecule has 1 unspecified atom stereocenters. The lowest BCUT2D eigenvalue weighted by Gasteiger charge is -2.35. The maximum Gasteiger partial charge on any atom is 0.271 e. The number of anilines is 1. The Kier molecular flexibility index (Phi) is 4.21. The molecule has 0 N–H and O–H groups in total. The molecule has 1 atom stereocenters. The van der Waals surface area contributed by atoms with Crippen LogP contribution < -0.4 is 4.90 Å². The van der Waals surface area contributed by atoms with Crippen LogP contribution in [0, 0.1) is 17.0 Å². The highest BCUT2D eigenvalue weighted by atomic mass is 35.5. The summed E-state index contributed by atoms with van der Waals surface area (Å²) < 4.78 is 1.94. The van der Waals surface area contributed by atoms with Crippen molar-refractivity contribution in [3.05, 3.63) is 45.0 Å². The van der Waals surface area contributed by atoms with Crippen molar-refractivity contribution in [3.63, 3.8) is 0 Å². The third-order valence-electron chi connectivity index (χ3n) is 4.30. The molecule has 1 aromatic carbocycles. The van der Waals surface area contributed by atoms with Crippen molar-refractivity contribution in [2.75, 3.05) is 18.0 Å². The number of nitrogens with zero attached hydrogens (tertiary/aromatic N) is 5. The van der Waals surface area contributed by atoms with Gasteiger partial charge in [-0.2, -0.15) is 0 Å². The molecule has 2 aromatic rings. The molecular weight excluding hydrogens is 318 g/mol. The molecule has 7 nitrogen and oxygen atoms in total. The lowest BCUT2D eigenvalue weighted by molar-refractivity contribution is -0.384. The van der Waals surface area contributed by atoms with Gasteiger partial charge in [0.05, 0.1) is 15.6 Å². The number of piperidine rings is 1. The Morgan fingerprint density at radius 1 is 1.43 bits per heavy atom. The lowest BCUT2D eigenvalue weighted by Crippen LogP contribution is -2.36. The van der Waals surface area contributed by atoms with Gasteiger partial charge in [-0.05, 0) is 25.3 Å². The van der Waals surface area contributed by atoms with Crippen LogP contribution in [0.2, 0.25) is 5.02 Å². The predicted molar refractivity (Wildman–Crippen MR) is 88.0 cm³/mol. The number of nitro benzene ring substituents is 1. The van der Waals surface area contributed by atoms with Gasteiger partial charge in [-0.3, -0.25) is 10.1 Å². The minimum atomic E-state index is -0.415. The minimum Gasteiger partial charge on any atom is -0.369 e. The molecule has 2 heterocycles. The fourth-order valence-electron chi connectivity index (χ4n) is 3.28. The lowest BCUT2D eigenvalue weighted by atomic mass is 9.96. The molecule has 122 valence electrons. The zero-order valence-electron chi connectivity index (χ0n) is 13.1. The number of aryl methyl sites for hydroxylation is 2. The van der Waals surface area contributed by atoms with Gasteiger partial charge < -0.3 is 9.47 Å². The van der Waals surface area contributed by atoms with Gasteiger partial charge in [-0.25, -0.2) is 0 Å².